The average molecular weight is 341 g/mol. The molecule has 5 heteroatoms. The Balaban J connectivity index is 0.00000144. The van der Waals surface area contributed by atoms with Gasteiger partial charge in [0, 0.05) is 35.8 Å². The number of nitrogens with zero attached hydrogens (tertiary/aromatic N) is 1. The predicted molar refractivity (Wildman–Crippen MR) is 92.0 cm³/mol. The van der Waals surface area contributed by atoms with Gasteiger partial charge in [-0.25, -0.2) is 0 Å². The van der Waals surface area contributed by atoms with E-state index in [0.717, 1.165) is 18.7 Å². The van der Waals surface area contributed by atoms with Gasteiger partial charge in [-0.15, -0.1) is 12.4 Å². The number of piperidine rings is 1. The summed E-state index contributed by atoms with van der Waals surface area (Å²) in [5, 5.41) is 4.36. The zero-order valence-electron chi connectivity index (χ0n) is 12.6. The molecule has 1 aromatic rings. The van der Waals surface area contributed by atoms with E-state index in [2.05, 4.69) is 11.4 Å². The summed E-state index contributed by atoms with van der Waals surface area (Å²) in [7, 11) is 0. The molecule has 3 heterocycles. The number of anilines is 1. The number of hydrogen-bond acceptors (Lipinski definition) is 2. The van der Waals surface area contributed by atoms with Gasteiger partial charge in [-0.05, 0) is 55.7 Å². The van der Waals surface area contributed by atoms with Crippen LogP contribution in [-0.4, -0.2) is 24.5 Å². The van der Waals surface area contributed by atoms with Crippen LogP contribution in [0.5, 0.6) is 0 Å². The first-order chi connectivity index (χ1) is 10.2. The van der Waals surface area contributed by atoms with Gasteiger partial charge in [-0.1, -0.05) is 17.7 Å². The van der Waals surface area contributed by atoms with Crippen molar-refractivity contribution in [3.05, 3.63) is 28.8 Å². The number of benzene rings is 1. The first kappa shape index (κ1) is 16.1. The molecule has 120 valence electrons. The zero-order valence-corrected chi connectivity index (χ0v) is 14.1. The number of hydrogen-bond donors (Lipinski definition) is 1. The largest absolute Gasteiger partial charge is 0.312 e. The summed E-state index contributed by atoms with van der Waals surface area (Å²) in [6, 6.07) is 7.21. The van der Waals surface area contributed by atoms with Crippen molar-refractivity contribution in [2.75, 3.05) is 11.4 Å². The number of nitrogens with one attached hydrogen (secondary N) is 1. The number of carbonyl (C=O) groups is 1. The van der Waals surface area contributed by atoms with Crippen LogP contribution in [0.4, 0.5) is 5.69 Å². The third kappa shape index (κ3) is 2.99. The molecule has 1 aromatic carbocycles. The quantitative estimate of drug-likeness (QED) is 0.892. The second-order valence-corrected chi connectivity index (χ2v) is 7.18. The highest BCUT2D eigenvalue weighted by Crippen LogP contribution is 2.35. The molecule has 3 aliphatic rings. The molecule has 2 unspecified atom stereocenters. The Hall–Kier alpha value is -0.770. The lowest BCUT2D eigenvalue weighted by Crippen LogP contribution is -2.40. The molecule has 1 amide bonds. The van der Waals surface area contributed by atoms with E-state index in [1.54, 1.807) is 0 Å². The van der Waals surface area contributed by atoms with Crippen LogP contribution in [0, 0.1) is 5.92 Å². The number of amides is 1. The highest BCUT2D eigenvalue weighted by molar-refractivity contribution is 6.31. The summed E-state index contributed by atoms with van der Waals surface area (Å²) >= 11 is 6.09. The number of carbonyl (C=O) groups excluding carboxylic acids is 1. The minimum absolute atomic E-state index is 0. The maximum Gasteiger partial charge on any atom is 0.227 e. The highest BCUT2D eigenvalue weighted by atomic mass is 35.5. The number of fused-ring (bicyclic) bond motifs is 3. The normalized spacial score (nSPS) is 29.1. The molecular weight excluding hydrogens is 319 g/mol. The zero-order chi connectivity index (χ0) is 14.4. The summed E-state index contributed by atoms with van der Waals surface area (Å²) in [6.45, 7) is 0.812. The summed E-state index contributed by atoms with van der Waals surface area (Å²) < 4.78 is 0. The molecule has 0 saturated carbocycles. The van der Waals surface area contributed by atoms with Crippen molar-refractivity contribution in [3.63, 3.8) is 0 Å². The standard InChI is InChI=1S/C17H21ClN2O.ClH/c18-13-2-1-12-5-6-20(16(12)10-13)17(21)9-11-7-14-3-4-15(8-11)19-14;/h1-2,10-11,14-15,19H,3-9H2;1H. The van der Waals surface area contributed by atoms with Crippen molar-refractivity contribution in [3.8, 4) is 0 Å². The van der Waals surface area contributed by atoms with E-state index in [1.807, 2.05) is 17.0 Å². The van der Waals surface area contributed by atoms with Crippen molar-refractivity contribution in [1.29, 1.82) is 0 Å². The lowest BCUT2D eigenvalue weighted by atomic mass is 9.89. The van der Waals surface area contributed by atoms with E-state index < -0.39 is 0 Å². The van der Waals surface area contributed by atoms with E-state index in [4.69, 9.17) is 11.6 Å². The van der Waals surface area contributed by atoms with Crippen molar-refractivity contribution >= 4 is 35.6 Å². The van der Waals surface area contributed by atoms with E-state index in [9.17, 15) is 4.79 Å². The molecule has 3 aliphatic heterocycles. The van der Waals surface area contributed by atoms with Crippen LogP contribution in [-0.2, 0) is 11.2 Å². The SMILES string of the molecule is Cl.O=C(CC1CC2CCC(C1)N2)N1CCc2ccc(Cl)cc21. The van der Waals surface area contributed by atoms with Gasteiger partial charge in [-0.3, -0.25) is 4.79 Å². The van der Waals surface area contributed by atoms with Crippen molar-refractivity contribution < 1.29 is 4.79 Å². The smallest absolute Gasteiger partial charge is 0.227 e. The maximum atomic E-state index is 12.7. The van der Waals surface area contributed by atoms with Crippen molar-refractivity contribution in [2.45, 2.75) is 50.6 Å². The molecule has 0 aliphatic carbocycles. The first-order valence-corrected chi connectivity index (χ1v) is 8.41. The Labute approximate surface area is 142 Å². The molecule has 3 nitrogen and oxygen atoms in total. The second-order valence-electron chi connectivity index (χ2n) is 6.75. The van der Waals surface area contributed by atoms with Crippen LogP contribution >= 0.6 is 24.0 Å². The fraction of sp³-hybridized carbons (Fsp3) is 0.588. The van der Waals surface area contributed by atoms with E-state index >= 15 is 0 Å². The fourth-order valence-corrected chi connectivity index (χ4v) is 4.48. The average Bonchev–Trinajstić information content (AvgIpc) is 3.02. The Kier molecular flexibility index (Phi) is 4.67. The summed E-state index contributed by atoms with van der Waals surface area (Å²) in [5.74, 6) is 0.835. The minimum atomic E-state index is 0. The summed E-state index contributed by atoms with van der Waals surface area (Å²) in [4.78, 5) is 14.6. The second kappa shape index (κ2) is 6.38. The van der Waals surface area contributed by atoms with Gasteiger partial charge in [0.1, 0.15) is 0 Å². The third-order valence-corrected chi connectivity index (χ3v) is 5.51. The molecule has 0 aromatic heterocycles. The van der Waals surface area contributed by atoms with Crippen LogP contribution < -0.4 is 10.2 Å². The minimum Gasteiger partial charge on any atom is -0.312 e. The molecule has 1 N–H and O–H groups in total. The van der Waals surface area contributed by atoms with Crippen LogP contribution in [0.3, 0.4) is 0 Å². The molecule has 2 saturated heterocycles. The number of rotatable bonds is 2. The van der Waals surface area contributed by atoms with E-state index in [0.29, 0.717) is 29.4 Å². The Morgan fingerprint density at radius 1 is 1.27 bits per heavy atom. The Morgan fingerprint density at radius 2 is 2.00 bits per heavy atom. The Bertz CT molecular complexity index is 566. The van der Waals surface area contributed by atoms with Gasteiger partial charge >= 0.3 is 0 Å². The molecule has 2 bridgehead atoms. The molecule has 2 atom stereocenters. The van der Waals surface area contributed by atoms with E-state index in [1.165, 1.54) is 31.2 Å². The molecular formula is C17H22Cl2N2O. The van der Waals surface area contributed by atoms with Gasteiger partial charge in [0.2, 0.25) is 5.91 Å². The van der Waals surface area contributed by atoms with Crippen LogP contribution in [0.1, 0.15) is 37.7 Å². The van der Waals surface area contributed by atoms with Crippen LogP contribution in [0.25, 0.3) is 0 Å². The van der Waals surface area contributed by atoms with Crippen molar-refractivity contribution in [1.82, 2.24) is 5.32 Å². The third-order valence-electron chi connectivity index (χ3n) is 5.28. The summed E-state index contributed by atoms with van der Waals surface area (Å²) in [5.41, 5.74) is 2.28. The molecule has 2 fully saturated rings. The lowest BCUT2D eigenvalue weighted by Gasteiger charge is -2.30. The van der Waals surface area contributed by atoms with Crippen LogP contribution in [0.15, 0.2) is 18.2 Å². The van der Waals surface area contributed by atoms with Crippen molar-refractivity contribution in [2.24, 2.45) is 5.92 Å². The van der Waals surface area contributed by atoms with Crippen LogP contribution in [0.2, 0.25) is 5.02 Å². The van der Waals surface area contributed by atoms with Gasteiger partial charge in [0.05, 0.1) is 0 Å². The van der Waals surface area contributed by atoms with Gasteiger partial charge in [0.25, 0.3) is 0 Å². The van der Waals surface area contributed by atoms with E-state index in [-0.39, 0.29) is 18.3 Å². The van der Waals surface area contributed by atoms with Gasteiger partial charge in [0.15, 0.2) is 0 Å². The maximum absolute atomic E-state index is 12.7. The highest BCUT2D eigenvalue weighted by Gasteiger charge is 2.35. The fourth-order valence-electron chi connectivity index (χ4n) is 4.31. The predicted octanol–water partition coefficient (Wildman–Crippen LogP) is 3.57. The van der Waals surface area contributed by atoms with Gasteiger partial charge in [-0.2, -0.15) is 0 Å². The monoisotopic (exact) mass is 340 g/mol. The topological polar surface area (TPSA) is 32.3 Å². The van der Waals surface area contributed by atoms with Gasteiger partial charge < -0.3 is 10.2 Å². The first-order valence-electron chi connectivity index (χ1n) is 8.04. The Morgan fingerprint density at radius 3 is 2.73 bits per heavy atom. The molecule has 22 heavy (non-hydrogen) atoms. The molecule has 0 radical (unpaired) electrons. The molecule has 4 rings (SSSR count). The molecule has 0 spiro atoms. The number of halogens is 2. The summed E-state index contributed by atoms with van der Waals surface area (Å²) in [6.07, 6.45) is 6.56. The lowest BCUT2D eigenvalue weighted by molar-refractivity contribution is -0.119.